The number of allylic oxidation sites excluding steroid dienone is 4. The minimum atomic E-state index is 1.00. The summed E-state index contributed by atoms with van der Waals surface area (Å²) < 4.78 is 0. The monoisotopic (exact) mass is 150 g/mol. The summed E-state index contributed by atoms with van der Waals surface area (Å²) in [6, 6.07) is 0. The molecular weight excluding hydrogens is 140 g/mol. The van der Waals surface area contributed by atoms with Crippen LogP contribution in [-0.2, 0) is 0 Å². The molecule has 2 heterocycles. The van der Waals surface area contributed by atoms with Crippen LogP contribution in [0.15, 0.2) is 28.6 Å². The Hall–Kier alpha value is -1.45. The van der Waals surface area contributed by atoms with Gasteiger partial charge < -0.3 is 0 Å². The molecule has 0 aliphatic carbocycles. The summed E-state index contributed by atoms with van der Waals surface area (Å²) >= 11 is 0. The third kappa shape index (κ3) is 0.869. The first-order valence-electron chi connectivity index (χ1n) is 3.53. The lowest BCUT2D eigenvalue weighted by molar-refractivity contribution is 0.216. The zero-order chi connectivity index (χ0) is 7.84. The molecule has 0 saturated carbocycles. The maximum absolute atomic E-state index is 4.04. The van der Waals surface area contributed by atoms with Crippen LogP contribution in [0.3, 0.4) is 0 Å². The Morgan fingerprint density at radius 3 is 3.00 bits per heavy atom. The summed E-state index contributed by atoms with van der Waals surface area (Å²) in [5, 5.41) is 5.84. The van der Waals surface area contributed by atoms with E-state index in [2.05, 4.69) is 16.1 Å². The van der Waals surface area contributed by atoms with Crippen molar-refractivity contribution in [3.8, 4) is 0 Å². The molecule has 0 radical (unpaired) electrons. The molecule has 0 aromatic heterocycles. The Balaban J connectivity index is 2.33. The number of hydrazine groups is 2. The molecule has 0 spiro atoms. The van der Waals surface area contributed by atoms with Gasteiger partial charge in [-0.15, -0.1) is 0 Å². The van der Waals surface area contributed by atoms with Gasteiger partial charge in [-0.25, -0.2) is 0 Å². The van der Waals surface area contributed by atoms with Crippen molar-refractivity contribution in [3.05, 3.63) is 23.5 Å². The van der Waals surface area contributed by atoms with E-state index in [-0.39, 0.29) is 0 Å². The SMILES string of the molecule is CC1=CC=C2C(C)=NNN2N1. The molecule has 0 saturated heterocycles. The molecule has 2 rings (SSSR count). The van der Waals surface area contributed by atoms with Crippen molar-refractivity contribution >= 4 is 5.71 Å². The number of hydrogen-bond acceptors (Lipinski definition) is 4. The minimum Gasteiger partial charge on any atom is -0.283 e. The van der Waals surface area contributed by atoms with E-state index in [1.165, 1.54) is 0 Å². The fourth-order valence-electron chi connectivity index (χ4n) is 1.10. The van der Waals surface area contributed by atoms with Crippen LogP contribution in [0.25, 0.3) is 0 Å². The van der Waals surface area contributed by atoms with Crippen molar-refractivity contribution < 1.29 is 0 Å². The van der Waals surface area contributed by atoms with Crippen molar-refractivity contribution in [1.29, 1.82) is 0 Å². The molecule has 58 valence electrons. The lowest BCUT2D eigenvalue weighted by Gasteiger charge is -2.23. The van der Waals surface area contributed by atoms with E-state index in [0.717, 1.165) is 17.1 Å². The Kier molecular flexibility index (Phi) is 1.15. The normalized spacial score (nSPS) is 20.9. The van der Waals surface area contributed by atoms with Crippen molar-refractivity contribution in [2.45, 2.75) is 13.8 Å². The molecule has 0 aromatic rings. The maximum Gasteiger partial charge on any atom is 0.106 e. The Bertz CT molecular complexity index is 274. The number of hydrazone groups is 1. The molecule has 4 nitrogen and oxygen atoms in total. The molecule has 2 aliphatic heterocycles. The molecule has 2 aliphatic rings. The van der Waals surface area contributed by atoms with E-state index in [1.54, 1.807) is 5.12 Å². The van der Waals surface area contributed by atoms with Crippen LogP contribution in [0.5, 0.6) is 0 Å². The highest BCUT2D eigenvalue weighted by molar-refractivity contribution is 5.98. The van der Waals surface area contributed by atoms with Crippen LogP contribution < -0.4 is 11.0 Å². The van der Waals surface area contributed by atoms with Crippen LogP contribution in [0, 0.1) is 0 Å². The largest absolute Gasteiger partial charge is 0.283 e. The molecular formula is C7H10N4. The second kappa shape index (κ2) is 2.02. The predicted molar refractivity (Wildman–Crippen MR) is 43.1 cm³/mol. The summed E-state index contributed by atoms with van der Waals surface area (Å²) in [4.78, 5) is 0. The zero-order valence-electron chi connectivity index (χ0n) is 6.55. The molecule has 0 bridgehead atoms. The van der Waals surface area contributed by atoms with Crippen molar-refractivity contribution in [2.24, 2.45) is 5.10 Å². The lowest BCUT2D eigenvalue weighted by atomic mass is 10.2. The Morgan fingerprint density at radius 2 is 2.18 bits per heavy atom. The van der Waals surface area contributed by atoms with Crippen LogP contribution in [0.1, 0.15) is 13.8 Å². The first-order valence-corrected chi connectivity index (χ1v) is 3.53. The Morgan fingerprint density at radius 1 is 1.36 bits per heavy atom. The first kappa shape index (κ1) is 6.27. The van der Waals surface area contributed by atoms with Crippen LogP contribution >= 0.6 is 0 Å². The van der Waals surface area contributed by atoms with Gasteiger partial charge in [0, 0.05) is 5.70 Å². The quantitative estimate of drug-likeness (QED) is 0.528. The number of nitrogens with zero attached hydrogens (tertiary/aromatic N) is 2. The average molecular weight is 150 g/mol. The van der Waals surface area contributed by atoms with E-state index in [1.807, 2.05) is 26.0 Å². The third-order valence-corrected chi connectivity index (χ3v) is 1.71. The van der Waals surface area contributed by atoms with Crippen LogP contribution in [0.4, 0.5) is 0 Å². The van der Waals surface area contributed by atoms with Gasteiger partial charge >= 0.3 is 0 Å². The van der Waals surface area contributed by atoms with E-state index in [0.29, 0.717) is 0 Å². The smallest absolute Gasteiger partial charge is 0.106 e. The molecule has 11 heavy (non-hydrogen) atoms. The van der Waals surface area contributed by atoms with Gasteiger partial charge in [-0.2, -0.15) is 15.8 Å². The highest BCUT2D eigenvalue weighted by atomic mass is 15.8. The first-order chi connectivity index (χ1) is 5.27. The van der Waals surface area contributed by atoms with Gasteiger partial charge in [0.15, 0.2) is 0 Å². The van der Waals surface area contributed by atoms with Crippen molar-refractivity contribution in [3.63, 3.8) is 0 Å². The second-order valence-corrected chi connectivity index (χ2v) is 2.65. The van der Waals surface area contributed by atoms with E-state index >= 15 is 0 Å². The molecule has 4 heteroatoms. The van der Waals surface area contributed by atoms with Crippen LogP contribution in [-0.4, -0.2) is 10.8 Å². The Labute approximate surface area is 65.2 Å². The number of nitrogens with one attached hydrogen (secondary N) is 2. The van der Waals surface area contributed by atoms with Gasteiger partial charge in [0.05, 0.1) is 5.71 Å². The zero-order valence-corrected chi connectivity index (χ0v) is 6.55. The van der Waals surface area contributed by atoms with Gasteiger partial charge in [-0.1, -0.05) is 0 Å². The molecule has 0 aromatic carbocycles. The van der Waals surface area contributed by atoms with Gasteiger partial charge in [0.2, 0.25) is 0 Å². The lowest BCUT2D eigenvalue weighted by Crippen LogP contribution is -2.42. The fraction of sp³-hybridized carbons (Fsp3) is 0.286. The number of hydrogen-bond donors (Lipinski definition) is 2. The fourth-order valence-corrected chi connectivity index (χ4v) is 1.10. The molecule has 0 fully saturated rings. The van der Waals surface area contributed by atoms with E-state index in [4.69, 9.17) is 0 Å². The summed E-state index contributed by atoms with van der Waals surface area (Å²) in [6.45, 7) is 3.97. The average Bonchev–Trinajstić information content (AvgIpc) is 2.32. The highest BCUT2D eigenvalue weighted by Gasteiger charge is 2.19. The summed E-state index contributed by atoms with van der Waals surface area (Å²) in [7, 11) is 0. The van der Waals surface area contributed by atoms with E-state index < -0.39 is 0 Å². The molecule has 0 atom stereocenters. The standard InChI is InChI=1S/C7H10N4/c1-5-3-4-7-6(2)8-10-11(7)9-5/h3-4,9-10H,1-2H3. The number of rotatable bonds is 0. The maximum atomic E-state index is 4.04. The van der Waals surface area contributed by atoms with Gasteiger partial charge in [-0.05, 0) is 26.0 Å². The summed E-state index contributed by atoms with van der Waals surface area (Å²) in [5.74, 6) is 0. The van der Waals surface area contributed by atoms with Crippen LogP contribution in [0.2, 0.25) is 0 Å². The van der Waals surface area contributed by atoms with Crippen molar-refractivity contribution in [1.82, 2.24) is 16.1 Å². The van der Waals surface area contributed by atoms with Gasteiger partial charge in [0.1, 0.15) is 5.70 Å². The topological polar surface area (TPSA) is 39.7 Å². The molecule has 0 unspecified atom stereocenters. The predicted octanol–water partition coefficient (Wildman–Crippen LogP) is 0.488. The van der Waals surface area contributed by atoms with Crippen molar-refractivity contribution in [2.75, 3.05) is 0 Å². The second-order valence-electron chi connectivity index (χ2n) is 2.65. The molecule has 2 N–H and O–H groups in total. The minimum absolute atomic E-state index is 1.00. The third-order valence-electron chi connectivity index (χ3n) is 1.71. The summed E-state index contributed by atoms with van der Waals surface area (Å²) in [5.41, 5.74) is 9.13. The van der Waals surface area contributed by atoms with E-state index in [9.17, 15) is 0 Å². The number of fused-ring (bicyclic) bond motifs is 1. The highest BCUT2D eigenvalue weighted by Crippen LogP contribution is 2.13. The molecule has 0 amide bonds. The van der Waals surface area contributed by atoms with Gasteiger partial charge in [-0.3, -0.25) is 5.43 Å². The van der Waals surface area contributed by atoms with Gasteiger partial charge in [0.25, 0.3) is 0 Å². The summed E-state index contributed by atoms with van der Waals surface area (Å²) in [6.07, 6.45) is 4.06.